The number of benzene rings is 2. The summed E-state index contributed by atoms with van der Waals surface area (Å²) in [6.07, 6.45) is 0.994. The number of thioether (sulfide) groups is 1. The second kappa shape index (κ2) is 7.22. The van der Waals surface area contributed by atoms with Crippen LogP contribution >= 0.6 is 11.8 Å². The van der Waals surface area contributed by atoms with Crippen LogP contribution in [0.2, 0.25) is 0 Å². The second-order valence-electron chi connectivity index (χ2n) is 6.11. The minimum atomic E-state index is 0.0466. The lowest BCUT2D eigenvalue weighted by Crippen LogP contribution is -2.39. The van der Waals surface area contributed by atoms with Crippen LogP contribution in [-0.4, -0.2) is 28.3 Å². The quantitative estimate of drug-likeness (QED) is 0.782. The molecule has 1 fully saturated rings. The minimum absolute atomic E-state index is 0.0466. The van der Waals surface area contributed by atoms with Gasteiger partial charge in [0.25, 0.3) is 5.91 Å². The molecule has 0 spiro atoms. The summed E-state index contributed by atoms with van der Waals surface area (Å²) >= 11 is 1.67. The smallest absolute Gasteiger partial charge is 0.260 e. The number of nitrogens with zero attached hydrogens (tertiary/aromatic N) is 2. The maximum Gasteiger partial charge on any atom is 0.260 e. The molecule has 0 aromatic heterocycles. The van der Waals surface area contributed by atoms with E-state index in [-0.39, 0.29) is 5.91 Å². The number of para-hydroxylation sites is 1. The average Bonchev–Trinajstić information content (AvgIpc) is 2.58. The van der Waals surface area contributed by atoms with Gasteiger partial charge in [-0.1, -0.05) is 48.2 Å². The number of carbonyl (C=O) groups is 1. The summed E-state index contributed by atoms with van der Waals surface area (Å²) in [6, 6.07) is 13.9. The molecule has 2 aromatic rings. The number of hydrogen-bond acceptors (Lipinski definition) is 3. The molecule has 1 heterocycles. The van der Waals surface area contributed by atoms with E-state index in [1.165, 1.54) is 0 Å². The van der Waals surface area contributed by atoms with E-state index in [2.05, 4.69) is 26.0 Å². The van der Waals surface area contributed by atoms with E-state index in [9.17, 15) is 4.79 Å². The van der Waals surface area contributed by atoms with Gasteiger partial charge in [-0.3, -0.25) is 9.69 Å². The van der Waals surface area contributed by atoms with Crippen molar-refractivity contribution in [2.75, 3.05) is 12.3 Å². The van der Waals surface area contributed by atoms with Crippen LogP contribution in [0.3, 0.4) is 0 Å². The monoisotopic (exact) mass is 338 g/mol. The lowest BCUT2D eigenvalue weighted by Gasteiger charge is -2.28. The van der Waals surface area contributed by atoms with Crippen molar-refractivity contribution in [1.29, 1.82) is 0 Å². The Labute approximate surface area is 147 Å². The van der Waals surface area contributed by atoms with Gasteiger partial charge in [0.2, 0.25) is 0 Å². The molecule has 0 saturated carbocycles. The molecule has 1 saturated heterocycles. The standard InChI is InChI=1S/C20H22N2OS/c1-14-8-4-5-11-17(14)19(23)22-12-7-13-24-20(22)21-18-15(2)9-6-10-16(18)3/h4-6,8-11H,7,12-13H2,1-3H3. The van der Waals surface area contributed by atoms with Gasteiger partial charge in [0.05, 0.1) is 5.69 Å². The van der Waals surface area contributed by atoms with E-state index in [0.717, 1.165) is 51.8 Å². The summed E-state index contributed by atoms with van der Waals surface area (Å²) in [7, 11) is 0. The maximum atomic E-state index is 13.0. The maximum absolute atomic E-state index is 13.0. The lowest BCUT2D eigenvalue weighted by molar-refractivity contribution is 0.0848. The molecule has 0 aliphatic carbocycles. The van der Waals surface area contributed by atoms with Crippen LogP contribution in [0.4, 0.5) is 5.69 Å². The first-order valence-electron chi connectivity index (χ1n) is 8.23. The van der Waals surface area contributed by atoms with Gasteiger partial charge in [-0.2, -0.15) is 0 Å². The number of hydrogen-bond donors (Lipinski definition) is 0. The molecule has 3 rings (SSSR count). The lowest BCUT2D eigenvalue weighted by atomic mass is 10.1. The van der Waals surface area contributed by atoms with E-state index in [1.54, 1.807) is 11.8 Å². The fourth-order valence-corrected chi connectivity index (χ4v) is 3.82. The molecule has 0 radical (unpaired) electrons. The zero-order valence-electron chi connectivity index (χ0n) is 14.4. The second-order valence-corrected chi connectivity index (χ2v) is 7.17. The summed E-state index contributed by atoms with van der Waals surface area (Å²) in [5.74, 6) is 1.05. The third-order valence-electron chi connectivity index (χ3n) is 4.26. The zero-order valence-corrected chi connectivity index (χ0v) is 15.2. The molecule has 1 aliphatic rings. The van der Waals surface area contributed by atoms with Crippen LogP contribution in [0.25, 0.3) is 0 Å². The summed E-state index contributed by atoms with van der Waals surface area (Å²) in [6.45, 7) is 6.83. The molecular formula is C20H22N2OS. The Hall–Kier alpha value is -2.07. The van der Waals surface area contributed by atoms with Gasteiger partial charge in [0.1, 0.15) is 0 Å². The Morgan fingerprint density at radius 1 is 1.00 bits per heavy atom. The van der Waals surface area contributed by atoms with Crippen LogP contribution in [0.5, 0.6) is 0 Å². The van der Waals surface area contributed by atoms with Crippen molar-refractivity contribution in [1.82, 2.24) is 4.90 Å². The van der Waals surface area contributed by atoms with E-state index in [4.69, 9.17) is 4.99 Å². The number of amidine groups is 1. The first kappa shape index (κ1) is 16.8. The Bertz CT molecular complexity index is 778. The van der Waals surface area contributed by atoms with Crippen molar-refractivity contribution in [2.24, 2.45) is 4.99 Å². The molecule has 0 bridgehead atoms. The SMILES string of the molecule is Cc1ccccc1C(=O)N1CCCSC1=Nc1c(C)cccc1C. The highest BCUT2D eigenvalue weighted by Gasteiger charge is 2.26. The number of amides is 1. The molecular weight excluding hydrogens is 316 g/mol. The van der Waals surface area contributed by atoms with Crippen LogP contribution in [0.15, 0.2) is 47.5 Å². The van der Waals surface area contributed by atoms with E-state index >= 15 is 0 Å². The number of rotatable bonds is 2. The van der Waals surface area contributed by atoms with Crippen molar-refractivity contribution in [3.8, 4) is 0 Å². The summed E-state index contributed by atoms with van der Waals surface area (Å²) in [5, 5.41) is 0.812. The number of carbonyl (C=O) groups excluding carboxylic acids is 1. The van der Waals surface area contributed by atoms with Crippen LogP contribution < -0.4 is 0 Å². The molecule has 1 amide bonds. The summed E-state index contributed by atoms with van der Waals surface area (Å²) in [5.41, 5.74) is 5.01. The van der Waals surface area contributed by atoms with Crippen LogP contribution in [0, 0.1) is 20.8 Å². The molecule has 0 atom stereocenters. The summed E-state index contributed by atoms with van der Waals surface area (Å²) in [4.78, 5) is 19.7. The topological polar surface area (TPSA) is 32.7 Å². The van der Waals surface area contributed by atoms with E-state index in [0.29, 0.717) is 0 Å². The highest BCUT2D eigenvalue weighted by molar-refractivity contribution is 8.13. The molecule has 3 nitrogen and oxygen atoms in total. The Morgan fingerprint density at radius 2 is 1.67 bits per heavy atom. The number of aliphatic imine (C=N–C) groups is 1. The highest BCUT2D eigenvalue weighted by Crippen LogP contribution is 2.28. The van der Waals surface area contributed by atoms with E-state index in [1.807, 2.05) is 42.2 Å². The van der Waals surface area contributed by atoms with Crippen molar-refractivity contribution in [3.05, 3.63) is 64.7 Å². The predicted octanol–water partition coefficient (Wildman–Crippen LogP) is 4.88. The van der Waals surface area contributed by atoms with Crippen molar-refractivity contribution in [3.63, 3.8) is 0 Å². The Morgan fingerprint density at radius 3 is 2.38 bits per heavy atom. The minimum Gasteiger partial charge on any atom is -0.287 e. The Kier molecular flexibility index (Phi) is 5.05. The molecule has 24 heavy (non-hydrogen) atoms. The van der Waals surface area contributed by atoms with Gasteiger partial charge in [-0.15, -0.1) is 0 Å². The molecule has 1 aliphatic heterocycles. The van der Waals surface area contributed by atoms with Crippen molar-refractivity contribution in [2.45, 2.75) is 27.2 Å². The van der Waals surface area contributed by atoms with Gasteiger partial charge >= 0.3 is 0 Å². The zero-order chi connectivity index (χ0) is 17.1. The fraction of sp³-hybridized carbons (Fsp3) is 0.300. The van der Waals surface area contributed by atoms with Crippen LogP contribution in [-0.2, 0) is 0 Å². The third kappa shape index (κ3) is 3.39. The predicted molar refractivity (Wildman–Crippen MR) is 102 cm³/mol. The van der Waals surface area contributed by atoms with Gasteiger partial charge in [-0.05, 0) is 49.9 Å². The van der Waals surface area contributed by atoms with Crippen molar-refractivity contribution < 1.29 is 4.79 Å². The Balaban J connectivity index is 1.99. The normalized spacial score (nSPS) is 16.5. The van der Waals surface area contributed by atoms with Gasteiger partial charge in [0, 0.05) is 17.9 Å². The highest BCUT2D eigenvalue weighted by atomic mass is 32.2. The fourth-order valence-electron chi connectivity index (χ4n) is 2.88. The number of aryl methyl sites for hydroxylation is 3. The largest absolute Gasteiger partial charge is 0.287 e. The van der Waals surface area contributed by atoms with Gasteiger partial charge < -0.3 is 0 Å². The molecule has 0 unspecified atom stereocenters. The first-order valence-corrected chi connectivity index (χ1v) is 9.21. The van der Waals surface area contributed by atoms with Crippen molar-refractivity contribution >= 4 is 28.5 Å². The first-order chi connectivity index (χ1) is 11.6. The van der Waals surface area contributed by atoms with E-state index < -0.39 is 0 Å². The third-order valence-corrected chi connectivity index (χ3v) is 5.32. The molecule has 0 N–H and O–H groups in total. The van der Waals surface area contributed by atoms with Gasteiger partial charge in [0.15, 0.2) is 5.17 Å². The van der Waals surface area contributed by atoms with Gasteiger partial charge in [-0.25, -0.2) is 4.99 Å². The average molecular weight is 338 g/mol. The molecule has 124 valence electrons. The molecule has 4 heteroatoms. The molecule has 2 aromatic carbocycles. The summed E-state index contributed by atoms with van der Waals surface area (Å²) < 4.78 is 0. The van der Waals surface area contributed by atoms with Crippen LogP contribution in [0.1, 0.15) is 33.5 Å².